The highest BCUT2D eigenvalue weighted by molar-refractivity contribution is 4.98. The minimum atomic E-state index is 0.253. The number of piperazine rings is 1. The first kappa shape index (κ1) is 14.9. The van der Waals surface area contributed by atoms with Gasteiger partial charge in [0.1, 0.15) is 0 Å². The predicted molar refractivity (Wildman–Crippen MR) is 75.5 cm³/mol. The van der Waals surface area contributed by atoms with E-state index in [1.54, 1.807) is 0 Å². The molecule has 102 valence electrons. The molecule has 1 N–H and O–H groups in total. The van der Waals surface area contributed by atoms with E-state index < -0.39 is 0 Å². The molecule has 1 aliphatic rings. The van der Waals surface area contributed by atoms with Crippen molar-refractivity contribution in [3.05, 3.63) is 0 Å². The summed E-state index contributed by atoms with van der Waals surface area (Å²) in [6.07, 6.45) is 1.23. The SMILES string of the molecule is CNCCC1CN(C(C)(C)C)C(C)(C)CN1C. The van der Waals surface area contributed by atoms with E-state index in [-0.39, 0.29) is 11.1 Å². The average molecular weight is 241 g/mol. The van der Waals surface area contributed by atoms with Crippen LogP contribution >= 0.6 is 0 Å². The Kier molecular flexibility index (Phi) is 4.61. The van der Waals surface area contributed by atoms with E-state index >= 15 is 0 Å². The summed E-state index contributed by atoms with van der Waals surface area (Å²) in [7, 11) is 4.30. The van der Waals surface area contributed by atoms with Crippen LogP contribution in [0.3, 0.4) is 0 Å². The minimum absolute atomic E-state index is 0.253. The zero-order valence-corrected chi connectivity index (χ0v) is 12.8. The lowest BCUT2D eigenvalue weighted by Crippen LogP contribution is -2.67. The lowest BCUT2D eigenvalue weighted by atomic mass is 9.89. The number of nitrogens with one attached hydrogen (secondary N) is 1. The Labute approximate surface area is 108 Å². The summed E-state index contributed by atoms with van der Waals surface area (Å²) in [6, 6.07) is 0.676. The molecule has 17 heavy (non-hydrogen) atoms. The molecule has 0 spiro atoms. The Morgan fingerprint density at radius 1 is 1.29 bits per heavy atom. The van der Waals surface area contributed by atoms with Crippen molar-refractivity contribution in [1.82, 2.24) is 15.1 Å². The molecule has 0 radical (unpaired) electrons. The van der Waals surface area contributed by atoms with Gasteiger partial charge in [0.05, 0.1) is 0 Å². The van der Waals surface area contributed by atoms with Crippen molar-refractivity contribution in [1.29, 1.82) is 0 Å². The molecule has 1 atom stereocenters. The Morgan fingerprint density at radius 2 is 1.88 bits per heavy atom. The molecular formula is C14H31N3. The number of nitrogens with zero attached hydrogens (tertiary/aromatic N) is 2. The van der Waals surface area contributed by atoms with Gasteiger partial charge in [0, 0.05) is 30.2 Å². The maximum Gasteiger partial charge on any atom is 0.0286 e. The maximum absolute atomic E-state index is 3.26. The van der Waals surface area contributed by atoms with Crippen LogP contribution in [0.15, 0.2) is 0 Å². The lowest BCUT2D eigenvalue weighted by Gasteiger charge is -2.55. The fourth-order valence-electron chi connectivity index (χ4n) is 3.23. The van der Waals surface area contributed by atoms with E-state index in [0.717, 1.165) is 13.1 Å². The minimum Gasteiger partial charge on any atom is -0.320 e. The zero-order chi connectivity index (χ0) is 13.3. The second-order valence-corrected chi connectivity index (χ2v) is 7.06. The molecule has 1 aliphatic heterocycles. The summed E-state index contributed by atoms with van der Waals surface area (Å²) in [5.74, 6) is 0. The third-order valence-electron chi connectivity index (χ3n) is 3.92. The van der Waals surface area contributed by atoms with Crippen molar-refractivity contribution < 1.29 is 0 Å². The van der Waals surface area contributed by atoms with Crippen LogP contribution in [-0.4, -0.2) is 60.6 Å². The molecule has 1 heterocycles. The van der Waals surface area contributed by atoms with E-state index in [1.165, 1.54) is 13.0 Å². The van der Waals surface area contributed by atoms with Gasteiger partial charge in [0.25, 0.3) is 0 Å². The predicted octanol–water partition coefficient (Wildman–Crippen LogP) is 1.79. The van der Waals surface area contributed by atoms with Gasteiger partial charge >= 0.3 is 0 Å². The molecule has 0 aromatic carbocycles. The van der Waals surface area contributed by atoms with Crippen LogP contribution in [-0.2, 0) is 0 Å². The first-order valence-electron chi connectivity index (χ1n) is 6.81. The quantitative estimate of drug-likeness (QED) is 0.813. The second-order valence-electron chi connectivity index (χ2n) is 7.06. The van der Waals surface area contributed by atoms with Gasteiger partial charge in [-0.25, -0.2) is 0 Å². The Morgan fingerprint density at radius 3 is 2.35 bits per heavy atom. The highest BCUT2D eigenvalue weighted by Crippen LogP contribution is 2.31. The molecule has 1 saturated heterocycles. The van der Waals surface area contributed by atoms with Crippen molar-refractivity contribution >= 4 is 0 Å². The monoisotopic (exact) mass is 241 g/mol. The van der Waals surface area contributed by atoms with Crippen LogP contribution in [0.5, 0.6) is 0 Å². The second kappa shape index (κ2) is 5.25. The Hall–Kier alpha value is -0.120. The standard InChI is InChI=1S/C14H31N3/c1-13(2,3)17-10-12(8-9-15-6)16(7)11-14(17,4)5/h12,15H,8-11H2,1-7H3. The van der Waals surface area contributed by atoms with Crippen molar-refractivity contribution in [2.45, 2.75) is 58.2 Å². The molecule has 1 unspecified atom stereocenters. The summed E-state index contributed by atoms with van der Waals surface area (Å²) in [6.45, 7) is 15.1. The largest absolute Gasteiger partial charge is 0.320 e. The van der Waals surface area contributed by atoms with Gasteiger partial charge in [-0.3, -0.25) is 4.90 Å². The van der Waals surface area contributed by atoms with Crippen LogP contribution in [0.25, 0.3) is 0 Å². The van der Waals surface area contributed by atoms with Crippen LogP contribution in [0.1, 0.15) is 41.0 Å². The van der Waals surface area contributed by atoms with E-state index in [9.17, 15) is 0 Å². The molecule has 1 fully saturated rings. The summed E-state index contributed by atoms with van der Waals surface area (Å²) < 4.78 is 0. The van der Waals surface area contributed by atoms with Gasteiger partial charge < -0.3 is 10.2 Å². The van der Waals surface area contributed by atoms with Gasteiger partial charge in [0.2, 0.25) is 0 Å². The third kappa shape index (κ3) is 3.67. The fourth-order valence-corrected chi connectivity index (χ4v) is 3.23. The molecule has 3 nitrogen and oxygen atoms in total. The van der Waals surface area contributed by atoms with E-state index in [4.69, 9.17) is 0 Å². The molecule has 0 aromatic heterocycles. The van der Waals surface area contributed by atoms with Crippen molar-refractivity contribution in [3.8, 4) is 0 Å². The zero-order valence-electron chi connectivity index (χ0n) is 12.8. The molecular weight excluding hydrogens is 210 g/mol. The number of likely N-dealkylation sites (N-methyl/N-ethyl adjacent to an activating group) is 1. The summed E-state index contributed by atoms with van der Waals surface area (Å²) in [5.41, 5.74) is 0.520. The Bertz CT molecular complexity index is 242. The van der Waals surface area contributed by atoms with Crippen LogP contribution in [0.2, 0.25) is 0 Å². The number of hydrogen-bond donors (Lipinski definition) is 1. The van der Waals surface area contributed by atoms with Gasteiger partial charge in [-0.05, 0) is 61.7 Å². The molecule has 0 bridgehead atoms. The number of hydrogen-bond acceptors (Lipinski definition) is 3. The van der Waals surface area contributed by atoms with E-state index in [1.807, 2.05) is 7.05 Å². The van der Waals surface area contributed by atoms with Gasteiger partial charge in [-0.2, -0.15) is 0 Å². The normalized spacial score (nSPS) is 27.4. The highest BCUT2D eigenvalue weighted by atomic mass is 15.3. The first-order valence-corrected chi connectivity index (χ1v) is 6.81. The summed E-state index contributed by atoms with van der Waals surface area (Å²) >= 11 is 0. The van der Waals surface area contributed by atoms with Crippen molar-refractivity contribution in [2.75, 3.05) is 33.7 Å². The van der Waals surface area contributed by atoms with Gasteiger partial charge in [0.15, 0.2) is 0 Å². The topological polar surface area (TPSA) is 18.5 Å². The molecule has 1 rings (SSSR count). The molecule has 0 aromatic rings. The van der Waals surface area contributed by atoms with Crippen molar-refractivity contribution in [2.24, 2.45) is 0 Å². The van der Waals surface area contributed by atoms with Gasteiger partial charge in [-0.15, -0.1) is 0 Å². The third-order valence-corrected chi connectivity index (χ3v) is 3.92. The average Bonchev–Trinajstić information content (AvgIpc) is 2.13. The Balaban J connectivity index is 2.76. The van der Waals surface area contributed by atoms with Crippen LogP contribution in [0.4, 0.5) is 0 Å². The molecule has 0 aliphatic carbocycles. The van der Waals surface area contributed by atoms with E-state index in [2.05, 4.69) is 56.8 Å². The smallest absolute Gasteiger partial charge is 0.0286 e. The number of rotatable bonds is 3. The maximum atomic E-state index is 3.26. The summed E-state index contributed by atoms with van der Waals surface area (Å²) in [4.78, 5) is 5.19. The highest BCUT2D eigenvalue weighted by Gasteiger charge is 2.41. The van der Waals surface area contributed by atoms with Gasteiger partial charge in [-0.1, -0.05) is 0 Å². The molecule has 3 heteroatoms. The molecule has 0 amide bonds. The first-order chi connectivity index (χ1) is 7.68. The fraction of sp³-hybridized carbons (Fsp3) is 1.00. The van der Waals surface area contributed by atoms with E-state index in [0.29, 0.717) is 6.04 Å². The summed E-state index contributed by atoms with van der Waals surface area (Å²) in [5, 5.41) is 3.26. The molecule has 0 saturated carbocycles. The van der Waals surface area contributed by atoms with Crippen LogP contribution in [0, 0.1) is 0 Å². The van der Waals surface area contributed by atoms with Crippen molar-refractivity contribution in [3.63, 3.8) is 0 Å². The van der Waals surface area contributed by atoms with Crippen LogP contribution < -0.4 is 5.32 Å². The lowest BCUT2D eigenvalue weighted by molar-refractivity contribution is -0.0589.